The Kier molecular flexibility index (Phi) is 3.46. The van der Waals surface area contributed by atoms with Gasteiger partial charge in [-0.25, -0.2) is 0 Å². The van der Waals surface area contributed by atoms with Crippen molar-refractivity contribution in [1.29, 1.82) is 0 Å². The summed E-state index contributed by atoms with van der Waals surface area (Å²) in [4.78, 5) is 4.37. The summed E-state index contributed by atoms with van der Waals surface area (Å²) in [7, 11) is 0. The van der Waals surface area contributed by atoms with Gasteiger partial charge in [0.2, 0.25) is 5.13 Å². The quantitative estimate of drug-likeness (QED) is 0.882. The van der Waals surface area contributed by atoms with Crippen LogP contribution in [0, 0.1) is 6.92 Å². The number of aryl methyl sites for hydroxylation is 2. The minimum Gasteiger partial charge on any atom is -0.354 e. The fourth-order valence-electron chi connectivity index (χ4n) is 1.48. The van der Waals surface area contributed by atoms with Gasteiger partial charge in [-0.1, -0.05) is 24.3 Å². The van der Waals surface area contributed by atoms with Crippen LogP contribution in [-0.4, -0.2) is 15.2 Å². The first-order chi connectivity index (χ1) is 7.79. The van der Waals surface area contributed by atoms with E-state index in [1.54, 1.807) is 11.3 Å². The van der Waals surface area contributed by atoms with Crippen molar-refractivity contribution in [3.05, 3.63) is 34.6 Å². The Morgan fingerprint density at radius 3 is 2.94 bits per heavy atom. The summed E-state index contributed by atoms with van der Waals surface area (Å²) < 4.78 is 0. The fraction of sp³-hybridized carbons (Fsp3) is 0.364. The Hall–Kier alpha value is -1.49. The van der Waals surface area contributed by atoms with Crippen LogP contribution in [0.2, 0.25) is 0 Å². The third kappa shape index (κ3) is 2.55. The lowest BCUT2D eigenvalue weighted by molar-refractivity contribution is 0.957. The number of hydrogen-bond acceptors (Lipinski definition) is 5. The predicted molar refractivity (Wildman–Crippen MR) is 65.6 cm³/mol. The molecule has 0 aromatic carbocycles. The molecule has 2 aromatic heterocycles. The van der Waals surface area contributed by atoms with Crippen molar-refractivity contribution in [2.75, 3.05) is 5.32 Å². The molecule has 0 bridgehead atoms. The molecule has 1 N–H and O–H groups in total. The van der Waals surface area contributed by atoms with Crippen molar-refractivity contribution < 1.29 is 0 Å². The lowest BCUT2D eigenvalue weighted by Gasteiger charge is -2.06. The van der Waals surface area contributed by atoms with Crippen molar-refractivity contribution in [3.8, 4) is 0 Å². The maximum Gasteiger partial charge on any atom is 0.205 e. The van der Waals surface area contributed by atoms with E-state index in [0.717, 1.165) is 22.3 Å². The number of rotatable bonds is 4. The molecule has 0 aliphatic heterocycles. The van der Waals surface area contributed by atoms with Crippen molar-refractivity contribution in [1.82, 2.24) is 15.2 Å². The Balaban J connectivity index is 2.04. The molecule has 16 heavy (non-hydrogen) atoms. The molecule has 0 fully saturated rings. The summed E-state index contributed by atoms with van der Waals surface area (Å²) in [5.74, 6) is 0. The molecule has 0 amide bonds. The minimum absolute atomic E-state index is 0.707. The molecule has 0 unspecified atom stereocenters. The highest BCUT2D eigenvalue weighted by Gasteiger charge is 2.03. The number of nitrogens with zero attached hydrogens (tertiary/aromatic N) is 3. The van der Waals surface area contributed by atoms with Crippen molar-refractivity contribution >= 4 is 16.5 Å². The first kappa shape index (κ1) is 11.0. The van der Waals surface area contributed by atoms with Crippen molar-refractivity contribution in [2.24, 2.45) is 0 Å². The van der Waals surface area contributed by atoms with E-state index < -0.39 is 0 Å². The van der Waals surface area contributed by atoms with Crippen LogP contribution in [0.4, 0.5) is 5.13 Å². The average Bonchev–Trinajstić information content (AvgIpc) is 2.73. The molecule has 0 aliphatic carbocycles. The number of anilines is 1. The van der Waals surface area contributed by atoms with Crippen LogP contribution >= 0.6 is 11.3 Å². The smallest absolute Gasteiger partial charge is 0.205 e. The topological polar surface area (TPSA) is 50.7 Å². The van der Waals surface area contributed by atoms with E-state index in [1.165, 1.54) is 5.56 Å². The summed E-state index contributed by atoms with van der Waals surface area (Å²) in [6.45, 7) is 4.79. The molecule has 2 aromatic rings. The molecular weight excluding hydrogens is 220 g/mol. The SMILES string of the molecule is CCc1cccnc1CNc1nnc(C)s1. The second-order valence-electron chi connectivity index (χ2n) is 3.44. The fourth-order valence-corrected chi connectivity index (χ4v) is 2.07. The number of nitrogens with one attached hydrogen (secondary N) is 1. The van der Waals surface area contributed by atoms with Gasteiger partial charge >= 0.3 is 0 Å². The monoisotopic (exact) mass is 234 g/mol. The Labute approximate surface area is 98.8 Å². The van der Waals surface area contributed by atoms with Gasteiger partial charge in [-0.05, 0) is 25.0 Å². The molecule has 5 heteroatoms. The third-order valence-corrected chi connectivity index (χ3v) is 3.09. The molecule has 0 atom stereocenters. The molecule has 0 saturated heterocycles. The van der Waals surface area contributed by atoms with Crippen molar-refractivity contribution in [3.63, 3.8) is 0 Å². The van der Waals surface area contributed by atoms with Gasteiger partial charge < -0.3 is 5.32 Å². The normalized spacial score (nSPS) is 10.4. The molecule has 84 valence electrons. The average molecular weight is 234 g/mol. The van der Waals surface area contributed by atoms with Gasteiger partial charge in [-0.2, -0.15) is 0 Å². The highest BCUT2D eigenvalue weighted by Crippen LogP contribution is 2.15. The molecule has 0 spiro atoms. The van der Waals surface area contributed by atoms with Gasteiger partial charge in [0, 0.05) is 6.20 Å². The van der Waals surface area contributed by atoms with E-state index in [1.807, 2.05) is 19.2 Å². The van der Waals surface area contributed by atoms with Crippen LogP contribution in [-0.2, 0) is 13.0 Å². The second-order valence-corrected chi connectivity index (χ2v) is 4.62. The molecule has 2 rings (SSSR count). The van der Waals surface area contributed by atoms with E-state index in [9.17, 15) is 0 Å². The van der Waals surface area contributed by atoms with Gasteiger partial charge in [0.15, 0.2) is 0 Å². The van der Waals surface area contributed by atoms with Gasteiger partial charge in [0.05, 0.1) is 12.2 Å². The number of pyridine rings is 1. The molecule has 0 saturated carbocycles. The Morgan fingerprint density at radius 1 is 1.38 bits per heavy atom. The molecule has 2 heterocycles. The highest BCUT2D eigenvalue weighted by molar-refractivity contribution is 7.15. The van der Waals surface area contributed by atoms with Crippen LogP contribution in [0.5, 0.6) is 0 Å². The second kappa shape index (κ2) is 5.03. The summed E-state index contributed by atoms with van der Waals surface area (Å²) in [6, 6.07) is 4.08. The van der Waals surface area contributed by atoms with E-state index in [2.05, 4.69) is 33.5 Å². The van der Waals surface area contributed by atoms with E-state index in [0.29, 0.717) is 6.54 Å². The summed E-state index contributed by atoms with van der Waals surface area (Å²) in [5, 5.41) is 13.0. The lowest BCUT2D eigenvalue weighted by Crippen LogP contribution is -2.04. The van der Waals surface area contributed by atoms with Crippen LogP contribution in [0.3, 0.4) is 0 Å². The maximum atomic E-state index is 4.37. The summed E-state index contributed by atoms with van der Waals surface area (Å²) in [5.41, 5.74) is 2.36. The van der Waals surface area contributed by atoms with E-state index >= 15 is 0 Å². The zero-order valence-electron chi connectivity index (χ0n) is 9.40. The number of hydrogen-bond donors (Lipinski definition) is 1. The highest BCUT2D eigenvalue weighted by atomic mass is 32.1. The number of aromatic nitrogens is 3. The standard InChI is InChI=1S/C11H14N4S/c1-3-9-5-4-6-12-10(9)7-13-11-15-14-8(2)16-11/h4-6H,3,7H2,1-2H3,(H,13,15). The minimum atomic E-state index is 0.707. The van der Waals surface area contributed by atoms with Crippen LogP contribution < -0.4 is 5.32 Å². The first-order valence-electron chi connectivity index (χ1n) is 5.26. The maximum absolute atomic E-state index is 4.37. The van der Waals surface area contributed by atoms with Crippen LogP contribution in [0.1, 0.15) is 23.2 Å². The Morgan fingerprint density at radius 2 is 2.25 bits per heavy atom. The third-order valence-electron chi connectivity index (χ3n) is 2.30. The largest absolute Gasteiger partial charge is 0.354 e. The summed E-state index contributed by atoms with van der Waals surface area (Å²) in [6.07, 6.45) is 2.82. The van der Waals surface area contributed by atoms with E-state index in [4.69, 9.17) is 0 Å². The summed E-state index contributed by atoms with van der Waals surface area (Å²) >= 11 is 1.56. The van der Waals surface area contributed by atoms with Gasteiger partial charge in [0.1, 0.15) is 5.01 Å². The molecular formula is C11H14N4S. The predicted octanol–water partition coefficient (Wildman–Crippen LogP) is 2.42. The van der Waals surface area contributed by atoms with Crippen molar-refractivity contribution in [2.45, 2.75) is 26.8 Å². The van der Waals surface area contributed by atoms with Gasteiger partial charge in [-0.3, -0.25) is 4.98 Å². The lowest BCUT2D eigenvalue weighted by atomic mass is 10.1. The van der Waals surface area contributed by atoms with Crippen LogP contribution in [0.15, 0.2) is 18.3 Å². The zero-order chi connectivity index (χ0) is 11.4. The van der Waals surface area contributed by atoms with Crippen LogP contribution in [0.25, 0.3) is 0 Å². The molecule has 0 aliphatic rings. The van der Waals surface area contributed by atoms with Gasteiger partial charge in [-0.15, -0.1) is 10.2 Å². The first-order valence-corrected chi connectivity index (χ1v) is 6.08. The zero-order valence-corrected chi connectivity index (χ0v) is 10.2. The molecule has 4 nitrogen and oxygen atoms in total. The Bertz CT molecular complexity index is 467. The van der Waals surface area contributed by atoms with E-state index in [-0.39, 0.29) is 0 Å². The molecule has 0 radical (unpaired) electrons. The van der Waals surface area contributed by atoms with Gasteiger partial charge in [0.25, 0.3) is 0 Å².